The molecule has 4 atom stereocenters. The summed E-state index contributed by atoms with van der Waals surface area (Å²) in [5, 5.41) is 3.28. The largest absolute Gasteiger partial charge is 0.423 e. The van der Waals surface area contributed by atoms with Gasteiger partial charge in [0.1, 0.15) is 11.3 Å². The van der Waals surface area contributed by atoms with Gasteiger partial charge >= 0.3 is 0 Å². The number of anilines is 2. The first-order valence-electron chi connectivity index (χ1n) is 10.9. The molecule has 3 aliphatic carbocycles. The number of carbonyl (C=O) groups is 1. The van der Waals surface area contributed by atoms with Gasteiger partial charge < -0.3 is 9.73 Å². The van der Waals surface area contributed by atoms with E-state index in [0.29, 0.717) is 29.6 Å². The van der Waals surface area contributed by atoms with E-state index in [1.54, 1.807) is 0 Å². The number of fused-ring (bicyclic) bond motifs is 7. The summed E-state index contributed by atoms with van der Waals surface area (Å²) in [5.74, 6) is 2.27. The van der Waals surface area contributed by atoms with Crippen LogP contribution in [-0.4, -0.2) is 10.8 Å². The van der Waals surface area contributed by atoms with E-state index in [1.165, 1.54) is 17.5 Å². The lowest BCUT2D eigenvalue weighted by atomic mass is 9.55. The van der Waals surface area contributed by atoms with E-state index in [2.05, 4.69) is 24.4 Å². The molecule has 1 heterocycles. The molecule has 0 unspecified atom stereocenters. The predicted octanol–water partition coefficient (Wildman–Crippen LogP) is 6.00. The van der Waals surface area contributed by atoms with Crippen LogP contribution < -0.4 is 5.32 Å². The number of carbonyl (C=O) groups excluding carboxylic acids is 1. The summed E-state index contributed by atoms with van der Waals surface area (Å²) in [6.45, 7) is 2.24. The molecule has 1 aromatic heterocycles. The van der Waals surface area contributed by atoms with Gasteiger partial charge in [0.15, 0.2) is 5.58 Å². The highest BCUT2D eigenvalue weighted by molar-refractivity contribution is 5.87. The number of nitrogens with zero attached hydrogens (tertiary/aromatic N) is 1. The standard InChI is InChI=1S/C25H26N2O2/c1-25-14-13-17-16-9-11-21-23(27-24(29-21)26-15-5-3-2-4-6-15)19(16)8-7-18(17)20(25)10-12-22(25)28/h2-6,9,11,17-18,20H,7-8,10,12-14H2,1H3,(H,26,27)/t17-,18-,20+,25+/m1/s1. The highest BCUT2D eigenvalue weighted by Crippen LogP contribution is 2.59. The summed E-state index contributed by atoms with van der Waals surface area (Å²) in [6, 6.07) is 14.9. The molecule has 3 aliphatic rings. The summed E-state index contributed by atoms with van der Waals surface area (Å²) < 4.78 is 6.01. The van der Waals surface area contributed by atoms with Crippen LogP contribution in [-0.2, 0) is 11.2 Å². The number of nitrogens with one attached hydrogen (secondary N) is 1. The van der Waals surface area contributed by atoms with Crippen LogP contribution in [0.25, 0.3) is 11.1 Å². The Morgan fingerprint density at radius 3 is 2.79 bits per heavy atom. The topological polar surface area (TPSA) is 55.1 Å². The van der Waals surface area contributed by atoms with Crippen LogP contribution in [0.5, 0.6) is 0 Å². The number of oxazole rings is 1. The van der Waals surface area contributed by atoms with Crippen LogP contribution >= 0.6 is 0 Å². The fourth-order valence-electron chi connectivity index (χ4n) is 6.53. The number of aryl methyl sites for hydroxylation is 1. The molecule has 4 heteroatoms. The SMILES string of the molecule is C[C@]12CC[C@@H]3c4ccc5oc(Nc6ccccc6)nc5c4CC[C@H]3[C@@H]1CCC2=O. The number of para-hydroxylation sites is 1. The lowest BCUT2D eigenvalue weighted by Crippen LogP contribution is -2.42. The normalized spacial score (nSPS) is 30.7. The van der Waals surface area contributed by atoms with Gasteiger partial charge in [0.05, 0.1) is 0 Å². The summed E-state index contributed by atoms with van der Waals surface area (Å²) in [5.41, 5.74) is 5.60. The van der Waals surface area contributed by atoms with E-state index in [9.17, 15) is 4.79 Å². The fraction of sp³-hybridized carbons (Fsp3) is 0.440. The molecule has 148 valence electrons. The van der Waals surface area contributed by atoms with Gasteiger partial charge in [-0.15, -0.1) is 0 Å². The first-order valence-corrected chi connectivity index (χ1v) is 10.9. The lowest BCUT2D eigenvalue weighted by molar-refractivity contribution is -0.129. The molecule has 2 fully saturated rings. The first-order chi connectivity index (χ1) is 14.1. The van der Waals surface area contributed by atoms with E-state index in [0.717, 1.165) is 48.9 Å². The predicted molar refractivity (Wildman–Crippen MR) is 113 cm³/mol. The van der Waals surface area contributed by atoms with Gasteiger partial charge in [0, 0.05) is 17.5 Å². The zero-order valence-corrected chi connectivity index (χ0v) is 16.8. The van der Waals surface area contributed by atoms with Crippen molar-refractivity contribution in [3.8, 4) is 0 Å². The molecular weight excluding hydrogens is 360 g/mol. The van der Waals surface area contributed by atoms with Gasteiger partial charge in [-0.3, -0.25) is 4.79 Å². The van der Waals surface area contributed by atoms with Crippen LogP contribution in [0.4, 0.5) is 11.7 Å². The Bertz CT molecular complexity index is 1100. The molecule has 3 aromatic rings. The zero-order valence-electron chi connectivity index (χ0n) is 16.8. The maximum atomic E-state index is 12.5. The fourth-order valence-corrected chi connectivity index (χ4v) is 6.53. The van der Waals surface area contributed by atoms with E-state index >= 15 is 0 Å². The van der Waals surface area contributed by atoms with Crippen LogP contribution in [0.15, 0.2) is 46.9 Å². The van der Waals surface area contributed by atoms with E-state index in [4.69, 9.17) is 9.40 Å². The van der Waals surface area contributed by atoms with Crippen molar-refractivity contribution in [3.05, 3.63) is 53.6 Å². The Morgan fingerprint density at radius 2 is 1.93 bits per heavy atom. The summed E-state index contributed by atoms with van der Waals surface area (Å²) in [6.07, 6.45) is 6.23. The van der Waals surface area contributed by atoms with Crippen LogP contribution in [0.1, 0.15) is 56.1 Å². The molecule has 2 saturated carbocycles. The average Bonchev–Trinajstić information content (AvgIpc) is 3.28. The van der Waals surface area contributed by atoms with E-state index in [-0.39, 0.29) is 5.41 Å². The molecule has 0 bridgehead atoms. The number of rotatable bonds is 2. The third-order valence-corrected chi connectivity index (χ3v) is 8.00. The number of aromatic nitrogens is 1. The van der Waals surface area contributed by atoms with Gasteiger partial charge in [-0.05, 0) is 79.2 Å². The molecule has 6 rings (SSSR count). The second kappa shape index (κ2) is 6.19. The minimum absolute atomic E-state index is 0.0660. The molecule has 0 amide bonds. The van der Waals surface area contributed by atoms with Crippen molar-refractivity contribution in [1.82, 2.24) is 4.98 Å². The number of hydrogen-bond donors (Lipinski definition) is 1. The molecular formula is C25H26N2O2. The van der Waals surface area contributed by atoms with Crippen molar-refractivity contribution in [3.63, 3.8) is 0 Å². The Balaban J connectivity index is 1.36. The zero-order chi connectivity index (χ0) is 19.6. The molecule has 4 nitrogen and oxygen atoms in total. The monoisotopic (exact) mass is 386 g/mol. The molecule has 0 aliphatic heterocycles. The van der Waals surface area contributed by atoms with Crippen LogP contribution in [0, 0.1) is 17.3 Å². The molecule has 1 N–H and O–H groups in total. The third-order valence-electron chi connectivity index (χ3n) is 8.00. The highest BCUT2D eigenvalue weighted by Gasteiger charge is 2.54. The molecule has 29 heavy (non-hydrogen) atoms. The summed E-state index contributed by atoms with van der Waals surface area (Å²) >= 11 is 0. The summed E-state index contributed by atoms with van der Waals surface area (Å²) in [4.78, 5) is 17.4. The average molecular weight is 386 g/mol. The maximum absolute atomic E-state index is 12.5. The van der Waals surface area contributed by atoms with Gasteiger partial charge in [0.25, 0.3) is 6.01 Å². The van der Waals surface area contributed by atoms with E-state index in [1.807, 2.05) is 30.3 Å². The minimum Gasteiger partial charge on any atom is -0.423 e. The Kier molecular flexibility index (Phi) is 3.68. The van der Waals surface area contributed by atoms with Crippen molar-refractivity contribution in [1.29, 1.82) is 0 Å². The number of ketones is 1. The molecule has 0 radical (unpaired) electrons. The second-order valence-corrected chi connectivity index (χ2v) is 9.32. The van der Waals surface area contributed by atoms with Crippen molar-refractivity contribution in [2.45, 2.75) is 51.4 Å². The molecule has 0 saturated heterocycles. The smallest absolute Gasteiger partial charge is 0.300 e. The first kappa shape index (κ1) is 17.3. The molecule has 2 aromatic carbocycles. The van der Waals surface area contributed by atoms with Crippen molar-refractivity contribution in [2.75, 3.05) is 5.32 Å². The van der Waals surface area contributed by atoms with Crippen molar-refractivity contribution >= 4 is 28.6 Å². The van der Waals surface area contributed by atoms with Crippen LogP contribution in [0.2, 0.25) is 0 Å². The Hall–Kier alpha value is -2.62. The molecule has 0 spiro atoms. The van der Waals surface area contributed by atoms with E-state index < -0.39 is 0 Å². The maximum Gasteiger partial charge on any atom is 0.300 e. The summed E-state index contributed by atoms with van der Waals surface area (Å²) in [7, 11) is 0. The highest BCUT2D eigenvalue weighted by atomic mass is 16.4. The van der Waals surface area contributed by atoms with Crippen molar-refractivity contribution in [2.24, 2.45) is 17.3 Å². The Morgan fingerprint density at radius 1 is 1.07 bits per heavy atom. The van der Waals surface area contributed by atoms with Gasteiger partial charge in [-0.25, -0.2) is 0 Å². The third kappa shape index (κ3) is 2.51. The number of hydrogen-bond acceptors (Lipinski definition) is 4. The van der Waals surface area contributed by atoms with Crippen LogP contribution in [0.3, 0.4) is 0 Å². The Labute approximate surface area is 170 Å². The quantitative estimate of drug-likeness (QED) is 0.587. The van der Waals surface area contributed by atoms with Gasteiger partial charge in [-0.2, -0.15) is 4.98 Å². The second-order valence-electron chi connectivity index (χ2n) is 9.32. The van der Waals surface area contributed by atoms with Crippen molar-refractivity contribution < 1.29 is 9.21 Å². The van der Waals surface area contributed by atoms with Gasteiger partial charge in [-0.1, -0.05) is 31.2 Å². The van der Waals surface area contributed by atoms with Gasteiger partial charge in [0.2, 0.25) is 0 Å². The number of benzene rings is 2. The minimum atomic E-state index is -0.0660. The lowest BCUT2D eigenvalue weighted by Gasteiger charge is -2.48. The number of Topliss-reactive ketones (excluding diaryl/α,β-unsaturated/α-hetero) is 1.